The Bertz CT molecular complexity index is 504. The fourth-order valence-electron chi connectivity index (χ4n) is 2.50. The summed E-state index contributed by atoms with van der Waals surface area (Å²) in [6, 6.07) is 4.84. The van der Waals surface area contributed by atoms with Crippen molar-refractivity contribution in [1.82, 2.24) is 4.90 Å². The van der Waals surface area contributed by atoms with Crippen LogP contribution in [-0.2, 0) is 0 Å². The number of hydrogen-bond acceptors (Lipinski definition) is 5. The smallest absolute Gasteiger partial charge is 0.293 e. The number of carbonyl (C=O) groups excluding carboxylic acids is 1. The summed E-state index contributed by atoms with van der Waals surface area (Å²) in [5.41, 5.74) is 0.925. The van der Waals surface area contributed by atoms with E-state index in [0.717, 1.165) is 19.6 Å². The van der Waals surface area contributed by atoms with E-state index in [1.807, 2.05) is 18.9 Å². The second-order valence-electron chi connectivity index (χ2n) is 4.93. The Balaban J connectivity index is 2.38. The lowest BCUT2D eigenvalue weighted by atomic mass is 10.1. The van der Waals surface area contributed by atoms with Gasteiger partial charge < -0.3 is 9.80 Å². The van der Waals surface area contributed by atoms with Crippen LogP contribution >= 0.6 is 0 Å². The Morgan fingerprint density at radius 1 is 1.42 bits per heavy atom. The molecule has 6 heteroatoms. The van der Waals surface area contributed by atoms with Gasteiger partial charge in [-0.15, -0.1) is 0 Å². The van der Waals surface area contributed by atoms with Crippen molar-refractivity contribution in [1.29, 1.82) is 0 Å². The number of aldehydes is 1. The van der Waals surface area contributed by atoms with Crippen molar-refractivity contribution in [2.75, 3.05) is 31.6 Å². The summed E-state index contributed by atoms with van der Waals surface area (Å²) in [4.78, 5) is 25.7. The zero-order valence-electron chi connectivity index (χ0n) is 11.1. The third-order valence-electron chi connectivity index (χ3n) is 3.47. The molecule has 2 rings (SSSR count). The van der Waals surface area contributed by atoms with Crippen molar-refractivity contribution in [2.24, 2.45) is 0 Å². The quantitative estimate of drug-likeness (QED) is 0.470. The topological polar surface area (TPSA) is 66.7 Å². The number of hydrogen-bond donors (Lipinski definition) is 0. The highest BCUT2D eigenvalue weighted by atomic mass is 16.6. The number of nitro groups is 1. The van der Waals surface area contributed by atoms with Gasteiger partial charge in [0.2, 0.25) is 0 Å². The lowest BCUT2D eigenvalue weighted by Gasteiger charge is -2.39. The van der Waals surface area contributed by atoms with Crippen molar-refractivity contribution in [3.05, 3.63) is 33.9 Å². The number of nitro benzene ring substituents is 1. The summed E-state index contributed by atoms with van der Waals surface area (Å²) in [5.74, 6) is 0. The molecule has 0 amide bonds. The van der Waals surface area contributed by atoms with Crippen LogP contribution in [0.15, 0.2) is 18.2 Å². The van der Waals surface area contributed by atoms with Crippen molar-refractivity contribution < 1.29 is 9.72 Å². The van der Waals surface area contributed by atoms with Crippen molar-refractivity contribution in [3.63, 3.8) is 0 Å². The summed E-state index contributed by atoms with van der Waals surface area (Å²) in [7, 11) is 2.04. The highest BCUT2D eigenvalue weighted by molar-refractivity contribution is 5.79. The fourth-order valence-corrected chi connectivity index (χ4v) is 2.50. The lowest BCUT2D eigenvalue weighted by molar-refractivity contribution is -0.384. The van der Waals surface area contributed by atoms with Crippen molar-refractivity contribution in [2.45, 2.75) is 13.0 Å². The molecule has 0 N–H and O–H groups in total. The molecule has 1 atom stereocenters. The molecule has 0 bridgehead atoms. The molecule has 1 saturated heterocycles. The van der Waals surface area contributed by atoms with Gasteiger partial charge in [0.15, 0.2) is 0 Å². The van der Waals surface area contributed by atoms with Gasteiger partial charge in [-0.3, -0.25) is 14.9 Å². The van der Waals surface area contributed by atoms with E-state index in [0.29, 0.717) is 17.5 Å². The minimum Gasteiger partial charge on any atom is -0.361 e. The SMILES string of the molecule is CC1CN(C)CCN1c1ccc(C=O)cc1[N+](=O)[O-]. The van der Waals surface area contributed by atoms with E-state index in [1.165, 1.54) is 6.07 Å². The molecule has 6 nitrogen and oxygen atoms in total. The molecule has 1 aromatic rings. The lowest BCUT2D eigenvalue weighted by Crippen LogP contribution is -2.50. The Morgan fingerprint density at radius 3 is 2.74 bits per heavy atom. The zero-order valence-corrected chi connectivity index (χ0v) is 11.1. The standard InChI is InChI=1S/C13H17N3O3/c1-10-8-14(2)5-6-15(10)12-4-3-11(9-17)7-13(12)16(18)19/h3-4,7,9-10H,5-6,8H2,1-2H3. The number of benzene rings is 1. The zero-order chi connectivity index (χ0) is 14.0. The molecule has 19 heavy (non-hydrogen) atoms. The summed E-state index contributed by atoms with van der Waals surface area (Å²) >= 11 is 0. The molecule has 1 heterocycles. The van der Waals surface area contributed by atoms with Gasteiger partial charge >= 0.3 is 0 Å². The van der Waals surface area contributed by atoms with Gasteiger partial charge in [-0.05, 0) is 26.1 Å². The fraction of sp³-hybridized carbons (Fsp3) is 0.462. The van der Waals surface area contributed by atoms with E-state index in [-0.39, 0.29) is 11.7 Å². The van der Waals surface area contributed by atoms with E-state index >= 15 is 0 Å². The Labute approximate surface area is 111 Å². The maximum absolute atomic E-state index is 11.2. The first-order chi connectivity index (χ1) is 9.02. The summed E-state index contributed by atoms with van der Waals surface area (Å²) in [5, 5.41) is 11.2. The molecule has 1 aliphatic rings. The highest BCUT2D eigenvalue weighted by Gasteiger charge is 2.27. The molecule has 102 valence electrons. The maximum atomic E-state index is 11.2. The Kier molecular flexibility index (Phi) is 3.80. The van der Waals surface area contributed by atoms with Gasteiger partial charge in [-0.25, -0.2) is 0 Å². The van der Waals surface area contributed by atoms with Gasteiger partial charge in [-0.1, -0.05) is 0 Å². The number of rotatable bonds is 3. The minimum absolute atomic E-state index is 0.000929. The number of carbonyl (C=O) groups is 1. The predicted octanol–water partition coefficient (Wildman–Crippen LogP) is 1.55. The first kappa shape index (κ1) is 13.5. The molecular formula is C13H17N3O3. The molecule has 1 aromatic carbocycles. The first-order valence-corrected chi connectivity index (χ1v) is 6.21. The Hall–Kier alpha value is -1.95. The van der Waals surface area contributed by atoms with E-state index in [2.05, 4.69) is 4.90 Å². The summed E-state index contributed by atoms with van der Waals surface area (Å²) in [6.07, 6.45) is 0.629. The third-order valence-corrected chi connectivity index (χ3v) is 3.47. The molecule has 0 radical (unpaired) electrons. The number of likely N-dealkylation sites (N-methyl/N-ethyl adjacent to an activating group) is 1. The van der Waals surface area contributed by atoms with Crippen LogP contribution in [0.5, 0.6) is 0 Å². The number of nitrogens with zero attached hydrogens (tertiary/aromatic N) is 3. The van der Waals surface area contributed by atoms with Crippen LogP contribution in [0.2, 0.25) is 0 Å². The summed E-state index contributed by atoms with van der Waals surface area (Å²) in [6.45, 7) is 4.54. The van der Waals surface area contributed by atoms with E-state index in [4.69, 9.17) is 0 Å². The average Bonchev–Trinajstić information content (AvgIpc) is 2.38. The first-order valence-electron chi connectivity index (χ1n) is 6.21. The van der Waals surface area contributed by atoms with Gasteiger partial charge in [0.05, 0.1) is 4.92 Å². The van der Waals surface area contributed by atoms with Crippen LogP contribution in [0.3, 0.4) is 0 Å². The molecule has 1 aliphatic heterocycles. The third kappa shape index (κ3) is 2.73. The normalized spacial score (nSPS) is 20.3. The predicted molar refractivity (Wildman–Crippen MR) is 72.8 cm³/mol. The number of anilines is 1. The van der Waals surface area contributed by atoms with E-state index in [9.17, 15) is 14.9 Å². The van der Waals surface area contributed by atoms with Gasteiger partial charge in [0.1, 0.15) is 12.0 Å². The largest absolute Gasteiger partial charge is 0.361 e. The molecular weight excluding hydrogens is 246 g/mol. The Morgan fingerprint density at radius 2 is 2.16 bits per heavy atom. The van der Waals surface area contributed by atoms with Crippen LogP contribution < -0.4 is 4.90 Å². The van der Waals surface area contributed by atoms with Crippen LogP contribution in [-0.4, -0.2) is 48.8 Å². The van der Waals surface area contributed by atoms with Crippen molar-refractivity contribution >= 4 is 17.7 Å². The second-order valence-corrected chi connectivity index (χ2v) is 4.93. The minimum atomic E-state index is -0.423. The van der Waals surface area contributed by atoms with Crippen LogP contribution in [0.4, 0.5) is 11.4 Å². The van der Waals surface area contributed by atoms with E-state index in [1.54, 1.807) is 12.1 Å². The molecule has 1 unspecified atom stereocenters. The highest BCUT2D eigenvalue weighted by Crippen LogP contribution is 2.31. The second kappa shape index (κ2) is 5.36. The van der Waals surface area contributed by atoms with Crippen molar-refractivity contribution in [3.8, 4) is 0 Å². The van der Waals surface area contributed by atoms with Crippen LogP contribution in [0.25, 0.3) is 0 Å². The van der Waals surface area contributed by atoms with E-state index < -0.39 is 4.92 Å². The molecule has 0 aromatic heterocycles. The van der Waals surface area contributed by atoms with Crippen LogP contribution in [0.1, 0.15) is 17.3 Å². The molecule has 0 aliphatic carbocycles. The maximum Gasteiger partial charge on any atom is 0.293 e. The van der Waals surface area contributed by atoms with Gasteiger partial charge in [0.25, 0.3) is 5.69 Å². The van der Waals surface area contributed by atoms with Gasteiger partial charge in [-0.2, -0.15) is 0 Å². The summed E-state index contributed by atoms with van der Waals surface area (Å²) < 4.78 is 0. The van der Waals surface area contributed by atoms with Crippen LogP contribution in [0, 0.1) is 10.1 Å². The molecule has 0 saturated carbocycles. The molecule has 0 spiro atoms. The van der Waals surface area contributed by atoms with Gasteiger partial charge in [0, 0.05) is 37.3 Å². The average molecular weight is 263 g/mol. The molecule has 1 fully saturated rings. The number of piperazine rings is 1. The monoisotopic (exact) mass is 263 g/mol.